The Bertz CT molecular complexity index is 802. The van der Waals surface area contributed by atoms with Gasteiger partial charge in [-0.15, -0.1) is 0 Å². The molecule has 2 aliphatic rings. The number of aromatic nitrogens is 2. The number of amides is 1. The van der Waals surface area contributed by atoms with Gasteiger partial charge < -0.3 is 5.32 Å². The van der Waals surface area contributed by atoms with E-state index in [0.717, 1.165) is 36.6 Å². The summed E-state index contributed by atoms with van der Waals surface area (Å²) in [6, 6.07) is 6.55. The highest BCUT2D eigenvalue weighted by Gasteiger charge is 2.33. The second-order valence-corrected chi connectivity index (χ2v) is 6.41. The third kappa shape index (κ3) is 2.57. The van der Waals surface area contributed by atoms with E-state index in [2.05, 4.69) is 15.3 Å². The molecule has 1 aromatic heterocycles. The van der Waals surface area contributed by atoms with Gasteiger partial charge >= 0.3 is 0 Å². The van der Waals surface area contributed by atoms with Gasteiger partial charge in [0, 0.05) is 29.3 Å². The topological polar surface area (TPSA) is 58.1 Å². The van der Waals surface area contributed by atoms with E-state index in [1.807, 2.05) is 6.92 Å². The molecule has 4 rings (SSSR count). The highest BCUT2D eigenvalue weighted by Crippen LogP contribution is 2.32. The zero-order chi connectivity index (χ0) is 16.7. The van der Waals surface area contributed by atoms with E-state index < -0.39 is 0 Å². The number of anilines is 1. The molecule has 1 N–H and O–H groups in total. The Morgan fingerprint density at radius 1 is 1.33 bits per heavy atom. The summed E-state index contributed by atoms with van der Waals surface area (Å²) in [7, 11) is 0. The van der Waals surface area contributed by atoms with Crippen molar-refractivity contribution in [3.63, 3.8) is 0 Å². The van der Waals surface area contributed by atoms with Gasteiger partial charge in [0.05, 0.1) is 13.0 Å². The Balaban J connectivity index is 1.71. The Labute approximate surface area is 139 Å². The first-order chi connectivity index (χ1) is 11.6. The van der Waals surface area contributed by atoms with Gasteiger partial charge in [0.25, 0.3) is 0 Å². The number of carbonyl (C=O) groups is 1. The molecule has 124 valence electrons. The third-order valence-electron chi connectivity index (χ3n) is 4.81. The van der Waals surface area contributed by atoms with Crippen molar-refractivity contribution in [2.75, 3.05) is 18.0 Å². The first kappa shape index (κ1) is 15.2. The van der Waals surface area contributed by atoms with E-state index >= 15 is 0 Å². The molecule has 0 bridgehead atoms. The van der Waals surface area contributed by atoms with Gasteiger partial charge in [-0.1, -0.05) is 18.2 Å². The second-order valence-electron chi connectivity index (χ2n) is 6.41. The van der Waals surface area contributed by atoms with Crippen LogP contribution in [0.4, 0.5) is 10.2 Å². The molecule has 1 amide bonds. The number of benzene rings is 1. The smallest absolute Gasteiger partial charge is 0.233 e. The highest BCUT2D eigenvalue weighted by atomic mass is 19.1. The van der Waals surface area contributed by atoms with Crippen LogP contribution in [0, 0.1) is 12.7 Å². The van der Waals surface area contributed by atoms with Crippen LogP contribution in [0.15, 0.2) is 24.3 Å². The zero-order valence-corrected chi connectivity index (χ0v) is 13.6. The fourth-order valence-corrected chi connectivity index (χ4v) is 3.41. The van der Waals surface area contributed by atoms with Crippen molar-refractivity contribution in [2.45, 2.75) is 32.2 Å². The van der Waals surface area contributed by atoms with Gasteiger partial charge in [-0.3, -0.25) is 9.69 Å². The summed E-state index contributed by atoms with van der Waals surface area (Å²) in [6.07, 6.45) is 1.29. The van der Waals surface area contributed by atoms with E-state index in [4.69, 9.17) is 0 Å². The van der Waals surface area contributed by atoms with E-state index in [-0.39, 0.29) is 24.2 Å². The molecule has 0 radical (unpaired) electrons. The molecule has 1 aromatic carbocycles. The summed E-state index contributed by atoms with van der Waals surface area (Å²) in [5.74, 6) is 1.36. The van der Waals surface area contributed by atoms with Gasteiger partial charge in [0.2, 0.25) is 5.91 Å². The van der Waals surface area contributed by atoms with E-state index in [9.17, 15) is 9.18 Å². The van der Waals surface area contributed by atoms with Gasteiger partial charge in [0.15, 0.2) is 0 Å². The summed E-state index contributed by atoms with van der Waals surface area (Å²) in [6.45, 7) is 3.95. The maximum absolute atomic E-state index is 14.0. The highest BCUT2D eigenvalue weighted by molar-refractivity contribution is 6.00. The molecular weight excluding hydrogens is 307 g/mol. The Morgan fingerprint density at radius 2 is 2.17 bits per heavy atom. The number of halogens is 1. The Kier molecular flexibility index (Phi) is 3.76. The maximum atomic E-state index is 14.0. The van der Waals surface area contributed by atoms with E-state index in [1.54, 1.807) is 23.1 Å². The SMILES string of the molecule is Cc1nc(C2CCNC2)nc2c1CC(=O)N2Cc1ccccc1F. The molecule has 2 aromatic rings. The molecule has 1 fully saturated rings. The van der Waals surface area contributed by atoms with E-state index in [1.165, 1.54) is 6.07 Å². The number of nitrogens with one attached hydrogen (secondary N) is 1. The van der Waals surface area contributed by atoms with Gasteiger partial charge in [0.1, 0.15) is 17.5 Å². The number of fused-ring (bicyclic) bond motifs is 1. The van der Waals surface area contributed by atoms with Gasteiger partial charge in [-0.2, -0.15) is 0 Å². The van der Waals surface area contributed by atoms with Crippen molar-refractivity contribution >= 4 is 11.7 Å². The van der Waals surface area contributed by atoms with Crippen LogP contribution in [-0.2, 0) is 17.8 Å². The lowest BCUT2D eigenvalue weighted by atomic mass is 10.1. The predicted octanol–water partition coefficient (Wildman–Crippen LogP) is 2.09. The zero-order valence-electron chi connectivity index (χ0n) is 13.6. The first-order valence-electron chi connectivity index (χ1n) is 8.25. The molecule has 3 heterocycles. The molecule has 0 saturated carbocycles. The molecule has 6 heteroatoms. The van der Waals surface area contributed by atoms with E-state index in [0.29, 0.717) is 17.8 Å². The Hall–Kier alpha value is -2.34. The van der Waals surface area contributed by atoms with Crippen LogP contribution in [0.25, 0.3) is 0 Å². The average molecular weight is 326 g/mol. The molecule has 5 nitrogen and oxygen atoms in total. The molecule has 24 heavy (non-hydrogen) atoms. The number of hydrogen-bond acceptors (Lipinski definition) is 4. The quantitative estimate of drug-likeness (QED) is 0.938. The number of rotatable bonds is 3. The van der Waals surface area contributed by atoms with Crippen LogP contribution in [0.3, 0.4) is 0 Å². The first-order valence-corrected chi connectivity index (χ1v) is 8.25. The fourth-order valence-electron chi connectivity index (χ4n) is 3.41. The minimum atomic E-state index is -0.301. The normalized spacial score (nSPS) is 19.8. The molecule has 1 atom stereocenters. The standard InChI is InChI=1S/C18H19FN4O/c1-11-14-8-16(24)23(10-13-4-2-3-5-15(13)19)18(14)22-17(21-11)12-6-7-20-9-12/h2-5,12,20H,6-10H2,1H3. The second kappa shape index (κ2) is 5.94. The number of aryl methyl sites for hydroxylation is 1. The fraction of sp³-hybridized carbons (Fsp3) is 0.389. The predicted molar refractivity (Wildman–Crippen MR) is 88.3 cm³/mol. The van der Waals surface area contributed by atoms with Crippen molar-refractivity contribution in [3.05, 3.63) is 52.7 Å². The monoisotopic (exact) mass is 326 g/mol. The largest absolute Gasteiger partial charge is 0.316 e. The van der Waals surface area contributed by atoms with Crippen LogP contribution in [0.5, 0.6) is 0 Å². The molecule has 1 saturated heterocycles. The summed E-state index contributed by atoms with van der Waals surface area (Å²) < 4.78 is 14.0. The third-order valence-corrected chi connectivity index (χ3v) is 4.81. The van der Waals surface area contributed by atoms with Crippen molar-refractivity contribution in [1.82, 2.24) is 15.3 Å². The molecule has 0 spiro atoms. The summed E-state index contributed by atoms with van der Waals surface area (Å²) in [4.78, 5) is 23.3. The van der Waals surface area contributed by atoms with Gasteiger partial charge in [-0.05, 0) is 26.0 Å². The van der Waals surface area contributed by atoms with Crippen molar-refractivity contribution < 1.29 is 9.18 Å². The maximum Gasteiger partial charge on any atom is 0.233 e. The summed E-state index contributed by atoms with van der Waals surface area (Å²) >= 11 is 0. The van der Waals surface area contributed by atoms with Gasteiger partial charge in [-0.25, -0.2) is 14.4 Å². The lowest BCUT2D eigenvalue weighted by molar-refractivity contribution is -0.117. The number of hydrogen-bond donors (Lipinski definition) is 1. The van der Waals surface area contributed by atoms with Crippen molar-refractivity contribution in [3.8, 4) is 0 Å². The van der Waals surface area contributed by atoms with Crippen LogP contribution >= 0.6 is 0 Å². The number of nitrogens with zero attached hydrogens (tertiary/aromatic N) is 3. The molecule has 1 unspecified atom stereocenters. The molecule has 2 aliphatic heterocycles. The average Bonchev–Trinajstić information content (AvgIpc) is 3.19. The Morgan fingerprint density at radius 3 is 2.92 bits per heavy atom. The lowest BCUT2D eigenvalue weighted by Gasteiger charge is -2.19. The van der Waals surface area contributed by atoms with Crippen molar-refractivity contribution in [1.29, 1.82) is 0 Å². The molecule has 0 aliphatic carbocycles. The van der Waals surface area contributed by atoms with Crippen LogP contribution in [0.1, 0.15) is 35.0 Å². The number of carbonyl (C=O) groups excluding carboxylic acids is 1. The summed E-state index contributed by atoms with van der Waals surface area (Å²) in [5.41, 5.74) is 2.22. The minimum absolute atomic E-state index is 0.0487. The van der Waals surface area contributed by atoms with Crippen molar-refractivity contribution in [2.24, 2.45) is 0 Å². The lowest BCUT2D eigenvalue weighted by Crippen LogP contribution is -2.27. The van der Waals surface area contributed by atoms with Crippen LogP contribution in [0.2, 0.25) is 0 Å². The minimum Gasteiger partial charge on any atom is -0.316 e. The van der Waals surface area contributed by atoms with Crippen LogP contribution < -0.4 is 10.2 Å². The molecular formula is C18H19FN4O. The van der Waals surface area contributed by atoms with Crippen LogP contribution in [-0.4, -0.2) is 29.0 Å². The summed E-state index contributed by atoms with van der Waals surface area (Å²) in [5, 5.41) is 3.32.